The molecule has 0 saturated carbocycles. The molecule has 0 bridgehead atoms. The van der Waals surface area contributed by atoms with Crippen LogP contribution >= 0.6 is 0 Å². The van der Waals surface area contributed by atoms with Gasteiger partial charge in [-0.2, -0.15) is 5.10 Å². The number of fused-ring (bicyclic) bond motifs is 1. The molecular formula is C22H22BN5O. The Morgan fingerprint density at radius 1 is 1.03 bits per heavy atom. The minimum Gasteiger partial charge on any atom is -0.457 e. The monoisotopic (exact) mass is 383 g/mol. The highest BCUT2D eigenvalue weighted by atomic mass is 16.5. The van der Waals surface area contributed by atoms with Crippen molar-refractivity contribution in [2.24, 2.45) is 5.92 Å². The maximum Gasteiger partial charge on any atom is 0.185 e. The van der Waals surface area contributed by atoms with E-state index < -0.39 is 0 Å². The van der Waals surface area contributed by atoms with E-state index in [1.165, 1.54) is 6.42 Å². The molecule has 0 radical (unpaired) electrons. The lowest BCUT2D eigenvalue weighted by molar-refractivity contribution is 0.433. The predicted molar refractivity (Wildman–Crippen MR) is 115 cm³/mol. The molecule has 2 aromatic carbocycles. The first-order valence-corrected chi connectivity index (χ1v) is 9.95. The van der Waals surface area contributed by atoms with Gasteiger partial charge in [-0.3, -0.25) is 0 Å². The van der Waals surface area contributed by atoms with Gasteiger partial charge in [0, 0.05) is 18.3 Å². The summed E-state index contributed by atoms with van der Waals surface area (Å²) in [5.41, 5.74) is 2.85. The lowest BCUT2D eigenvalue weighted by atomic mass is 10.1. The molecule has 0 aliphatic carbocycles. The van der Waals surface area contributed by atoms with Crippen molar-refractivity contribution in [1.29, 1.82) is 0 Å². The van der Waals surface area contributed by atoms with E-state index in [1.807, 2.05) is 65.5 Å². The molecule has 0 unspecified atom stereocenters. The Morgan fingerprint density at radius 2 is 1.83 bits per heavy atom. The van der Waals surface area contributed by atoms with Gasteiger partial charge in [0.25, 0.3) is 0 Å². The van der Waals surface area contributed by atoms with Crippen molar-refractivity contribution < 1.29 is 4.74 Å². The van der Waals surface area contributed by atoms with E-state index in [-0.39, 0.29) is 0 Å². The average Bonchev–Trinajstić information content (AvgIpc) is 3.33. The molecule has 5 rings (SSSR count). The highest BCUT2D eigenvalue weighted by molar-refractivity contribution is 6.04. The Hall–Kier alpha value is -3.19. The van der Waals surface area contributed by atoms with E-state index >= 15 is 0 Å². The Kier molecular flexibility index (Phi) is 4.73. The van der Waals surface area contributed by atoms with E-state index in [2.05, 4.69) is 22.8 Å². The molecule has 0 amide bonds. The molecular weight excluding hydrogens is 361 g/mol. The first kappa shape index (κ1) is 17.9. The molecule has 1 atom stereocenters. The van der Waals surface area contributed by atoms with Crippen LogP contribution in [0.5, 0.6) is 11.5 Å². The molecule has 1 aliphatic heterocycles. The summed E-state index contributed by atoms with van der Waals surface area (Å²) in [6, 6.07) is 17.8. The normalized spacial score (nSPS) is 17.0. The van der Waals surface area contributed by atoms with Gasteiger partial charge in [-0.05, 0) is 61.8 Å². The molecule has 1 aliphatic rings. The topological polar surface area (TPSA) is 56.1 Å². The van der Waals surface area contributed by atoms with E-state index in [1.54, 1.807) is 6.33 Å². The van der Waals surface area contributed by atoms with Gasteiger partial charge in [0.1, 0.15) is 23.5 Å². The highest BCUT2D eigenvalue weighted by Gasteiger charge is 2.22. The molecule has 7 heteroatoms. The average molecular weight is 383 g/mol. The molecule has 2 aromatic heterocycles. The molecule has 3 heterocycles. The van der Waals surface area contributed by atoms with Crippen molar-refractivity contribution in [2.75, 3.05) is 13.1 Å². The van der Waals surface area contributed by atoms with Crippen molar-refractivity contribution in [3.63, 3.8) is 0 Å². The van der Waals surface area contributed by atoms with Crippen LogP contribution in [0.15, 0.2) is 67.1 Å². The van der Waals surface area contributed by atoms with Gasteiger partial charge >= 0.3 is 0 Å². The second-order valence-corrected chi connectivity index (χ2v) is 7.65. The number of aromatic nitrogens is 4. The number of hydrogen-bond acceptors (Lipinski definition) is 5. The molecule has 6 nitrogen and oxygen atoms in total. The fraction of sp³-hybridized carbons (Fsp3) is 0.227. The number of benzene rings is 2. The van der Waals surface area contributed by atoms with Crippen molar-refractivity contribution in [1.82, 2.24) is 24.6 Å². The zero-order valence-electron chi connectivity index (χ0n) is 16.4. The fourth-order valence-electron chi connectivity index (χ4n) is 3.98. The van der Waals surface area contributed by atoms with Crippen LogP contribution in [0.25, 0.3) is 22.3 Å². The molecule has 1 saturated heterocycles. The van der Waals surface area contributed by atoms with E-state index in [9.17, 15) is 0 Å². The lowest BCUT2D eigenvalue weighted by Gasteiger charge is -2.11. The molecule has 4 aromatic rings. The van der Waals surface area contributed by atoms with Gasteiger partial charge in [0.05, 0.1) is 5.39 Å². The third-order valence-corrected chi connectivity index (χ3v) is 5.44. The van der Waals surface area contributed by atoms with Gasteiger partial charge in [-0.25, -0.2) is 14.6 Å². The third-order valence-electron chi connectivity index (χ3n) is 5.44. The first-order chi connectivity index (χ1) is 14.3. The zero-order chi connectivity index (χ0) is 19.6. The summed E-state index contributed by atoms with van der Waals surface area (Å²) < 4.78 is 7.95. The minimum absolute atomic E-state index is 0.604. The van der Waals surface area contributed by atoms with Crippen molar-refractivity contribution in [3.05, 3.63) is 67.1 Å². The zero-order valence-corrected chi connectivity index (χ0v) is 16.4. The largest absolute Gasteiger partial charge is 0.457 e. The van der Waals surface area contributed by atoms with Crippen LogP contribution in [0.4, 0.5) is 0 Å². The Bertz CT molecular complexity index is 1110. The van der Waals surface area contributed by atoms with Crippen molar-refractivity contribution in [3.8, 4) is 22.8 Å². The lowest BCUT2D eigenvalue weighted by Crippen LogP contribution is -2.19. The van der Waals surface area contributed by atoms with Crippen molar-refractivity contribution >= 4 is 19.0 Å². The van der Waals surface area contributed by atoms with Gasteiger partial charge in [-0.15, -0.1) is 0 Å². The Morgan fingerprint density at radius 3 is 2.59 bits per heavy atom. The van der Waals surface area contributed by atoms with E-state index in [4.69, 9.17) is 9.84 Å². The summed E-state index contributed by atoms with van der Waals surface area (Å²) in [5.74, 6) is 2.23. The second-order valence-electron chi connectivity index (χ2n) is 7.65. The molecule has 144 valence electrons. The number of nitrogens with zero attached hydrogens (tertiary/aromatic N) is 5. The number of rotatable bonds is 5. The number of para-hydroxylation sites is 1. The predicted octanol–water partition coefficient (Wildman–Crippen LogP) is 3.16. The quantitative estimate of drug-likeness (QED) is 0.496. The fourth-order valence-corrected chi connectivity index (χ4v) is 3.98. The van der Waals surface area contributed by atoms with Crippen LogP contribution in [0.3, 0.4) is 0 Å². The summed E-state index contributed by atoms with van der Waals surface area (Å²) in [7, 11) is 2.17. The van der Waals surface area contributed by atoms with Gasteiger partial charge in [-0.1, -0.05) is 18.2 Å². The highest BCUT2D eigenvalue weighted by Crippen LogP contribution is 2.30. The standard InChI is InChI=1S/C22H22BN5O/c23-27-11-10-16(13-27)14-28-22-20(12-24-15-25-22)21(26-28)17-6-8-19(9-7-17)29-18-4-2-1-3-5-18/h1-9,12,15-16H,10-11,13-14,23H2/t16-/m1/s1. The second kappa shape index (κ2) is 7.68. The summed E-state index contributed by atoms with van der Waals surface area (Å²) in [5, 5.41) is 5.90. The third kappa shape index (κ3) is 3.73. The SMILES string of the molecule is BN1CC[C@@H](Cn2nc(-c3ccc(Oc4ccccc4)cc3)c3cncnc32)C1. The van der Waals surface area contributed by atoms with Crippen molar-refractivity contribution in [2.45, 2.75) is 13.0 Å². The van der Waals surface area contributed by atoms with Gasteiger partial charge in [0.15, 0.2) is 13.6 Å². The smallest absolute Gasteiger partial charge is 0.185 e. The number of hydrogen-bond donors (Lipinski definition) is 0. The summed E-state index contributed by atoms with van der Waals surface area (Å²) in [6.07, 6.45) is 4.65. The minimum atomic E-state index is 0.604. The molecule has 29 heavy (non-hydrogen) atoms. The molecule has 0 N–H and O–H groups in total. The van der Waals surface area contributed by atoms with E-state index in [0.29, 0.717) is 5.92 Å². The van der Waals surface area contributed by atoms with Crippen LogP contribution in [0, 0.1) is 5.92 Å². The Labute approximate surface area is 170 Å². The molecule has 1 fully saturated rings. The summed E-state index contributed by atoms with van der Waals surface area (Å²) in [4.78, 5) is 11.1. The van der Waals surface area contributed by atoms with Crippen LogP contribution < -0.4 is 4.74 Å². The Balaban J connectivity index is 1.44. The van der Waals surface area contributed by atoms with E-state index in [0.717, 1.165) is 53.4 Å². The van der Waals surface area contributed by atoms with Crippen LogP contribution in [-0.4, -0.2) is 45.6 Å². The summed E-state index contributed by atoms with van der Waals surface area (Å²) in [6.45, 7) is 3.13. The number of ether oxygens (including phenoxy) is 1. The maximum atomic E-state index is 5.91. The van der Waals surface area contributed by atoms with Crippen LogP contribution in [-0.2, 0) is 6.54 Å². The summed E-state index contributed by atoms with van der Waals surface area (Å²) >= 11 is 0. The first-order valence-electron chi connectivity index (χ1n) is 9.95. The van der Waals surface area contributed by atoms with Crippen LogP contribution in [0.1, 0.15) is 6.42 Å². The van der Waals surface area contributed by atoms with Crippen LogP contribution in [0.2, 0.25) is 0 Å². The molecule has 0 spiro atoms. The van der Waals surface area contributed by atoms with Gasteiger partial charge in [0.2, 0.25) is 0 Å². The maximum absolute atomic E-state index is 5.91. The van der Waals surface area contributed by atoms with Gasteiger partial charge < -0.3 is 9.55 Å².